The second kappa shape index (κ2) is 7.06. The van der Waals surface area contributed by atoms with Crippen LogP contribution in [-0.4, -0.2) is 28.5 Å². The summed E-state index contributed by atoms with van der Waals surface area (Å²) < 4.78 is 1.96. The number of nitrogens with one attached hydrogen (secondary N) is 1. The van der Waals surface area contributed by atoms with Crippen molar-refractivity contribution in [2.75, 3.05) is 13.1 Å². The van der Waals surface area contributed by atoms with Crippen molar-refractivity contribution in [3.05, 3.63) is 18.2 Å². The van der Waals surface area contributed by atoms with Gasteiger partial charge in [-0.1, -0.05) is 13.3 Å². The summed E-state index contributed by atoms with van der Waals surface area (Å²) in [4.78, 5) is 16.0. The van der Waals surface area contributed by atoms with Gasteiger partial charge >= 0.3 is 0 Å². The van der Waals surface area contributed by atoms with E-state index in [1.165, 1.54) is 0 Å². The highest BCUT2D eigenvalue weighted by Crippen LogP contribution is 2.04. The van der Waals surface area contributed by atoms with Gasteiger partial charge in [-0.25, -0.2) is 4.98 Å². The summed E-state index contributed by atoms with van der Waals surface area (Å²) in [5.41, 5.74) is 5.57. The summed E-state index contributed by atoms with van der Waals surface area (Å²) in [5.74, 6) is 0.982. The third-order valence-corrected chi connectivity index (χ3v) is 2.86. The molecule has 5 nitrogen and oxygen atoms in total. The Hall–Kier alpha value is -1.36. The number of hydrogen-bond acceptors (Lipinski definition) is 3. The van der Waals surface area contributed by atoms with E-state index >= 15 is 0 Å². The number of nitrogens with two attached hydrogens (primary N) is 1. The van der Waals surface area contributed by atoms with Crippen molar-refractivity contribution < 1.29 is 4.79 Å². The summed E-state index contributed by atoms with van der Waals surface area (Å²) >= 11 is 0. The van der Waals surface area contributed by atoms with E-state index < -0.39 is 0 Å². The van der Waals surface area contributed by atoms with Crippen LogP contribution in [0.1, 0.15) is 25.6 Å². The first kappa shape index (κ1) is 13.7. The fraction of sp³-hybridized carbons (Fsp3) is 0.667. The molecule has 0 saturated heterocycles. The molecule has 5 heteroatoms. The first-order valence-corrected chi connectivity index (χ1v) is 6.13. The Morgan fingerprint density at radius 3 is 2.94 bits per heavy atom. The van der Waals surface area contributed by atoms with Gasteiger partial charge in [-0.15, -0.1) is 0 Å². The monoisotopic (exact) mass is 238 g/mol. The molecule has 96 valence electrons. The maximum atomic E-state index is 11.8. The lowest BCUT2D eigenvalue weighted by atomic mass is 10.0. The average Bonchev–Trinajstić information content (AvgIpc) is 2.72. The van der Waals surface area contributed by atoms with Crippen LogP contribution in [0.2, 0.25) is 0 Å². The van der Waals surface area contributed by atoms with Crippen molar-refractivity contribution in [1.29, 1.82) is 0 Å². The van der Waals surface area contributed by atoms with Gasteiger partial charge in [0.05, 0.1) is 5.92 Å². The highest BCUT2D eigenvalue weighted by molar-refractivity contribution is 5.78. The van der Waals surface area contributed by atoms with E-state index in [0.717, 1.165) is 25.1 Å². The van der Waals surface area contributed by atoms with Crippen LogP contribution in [0.4, 0.5) is 0 Å². The number of nitrogens with zero attached hydrogens (tertiary/aromatic N) is 2. The first-order chi connectivity index (χ1) is 8.19. The molecular formula is C12H22N4O. The lowest BCUT2D eigenvalue weighted by molar-refractivity contribution is -0.124. The fourth-order valence-electron chi connectivity index (χ4n) is 1.78. The Kier molecular flexibility index (Phi) is 5.69. The van der Waals surface area contributed by atoms with Crippen molar-refractivity contribution in [3.63, 3.8) is 0 Å². The topological polar surface area (TPSA) is 72.9 Å². The molecule has 1 heterocycles. The molecule has 0 aliphatic rings. The predicted molar refractivity (Wildman–Crippen MR) is 67.4 cm³/mol. The third-order valence-electron chi connectivity index (χ3n) is 2.86. The number of rotatable bonds is 7. The molecule has 0 spiro atoms. The highest BCUT2D eigenvalue weighted by Gasteiger charge is 2.14. The first-order valence-electron chi connectivity index (χ1n) is 6.13. The summed E-state index contributed by atoms with van der Waals surface area (Å²) in [6.07, 6.45) is 6.24. The third kappa shape index (κ3) is 4.19. The number of carbonyl (C=O) groups is 1. The molecule has 1 rings (SSSR count). The van der Waals surface area contributed by atoms with Crippen molar-refractivity contribution in [1.82, 2.24) is 14.9 Å². The van der Waals surface area contributed by atoms with Gasteiger partial charge < -0.3 is 15.6 Å². The molecule has 0 aliphatic heterocycles. The molecule has 0 aromatic carbocycles. The number of aryl methyl sites for hydroxylation is 1. The Bertz CT molecular complexity index is 348. The smallest absolute Gasteiger partial charge is 0.224 e. The van der Waals surface area contributed by atoms with Crippen LogP contribution in [0.25, 0.3) is 0 Å². The number of amides is 1. The van der Waals surface area contributed by atoms with Crippen molar-refractivity contribution in [3.8, 4) is 0 Å². The van der Waals surface area contributed by atoms with Gasteiger partial charge in [0.1, 0.15) is 5.82 Å². The zero-order valence-electron chi connectivity index (χ0n) is 10.6. The maximum absolute atomic E-state index is 11.8. The van der Waals surface area contributed by atoms with E-state index in [2.05, 4.69) is 17.2 Å². The van der Waals surface area contributed by atoms with Crippen molar-refractivity contribution in [2.45, 2.75) is 26.2 Å². The van der Waals surface area contributed by atoms with E-state index in [1.807, 2.05) is 17.8 Å². The second-order valence-corrected chi connectivity index (χ2v) is 4.22. The number of carbonyl (C=O) groups excluding carboxylic acids is 1. The molecule has 1 aromatic rings. The summed E-state index contributed by atoms with van der Waals surface area (Å²) in [7, 11) is 1.95. The molecular weight excluding hydrogens is 216 g/mol. The summed E-state index contributed by atoms with van der Waals surface area (Å²) in [6, 6.07) is 0. The van der Waals surface area contributed by atoms with E-state index in [-0.39, 0.29) is 11.8 Å². The SMILES string of the molecule is CCCC(CN)C(=O)NCCc1nccn1C. The molecule has 0 radical (unpaired) electrons. The molecule has 0 saturated carbocycles. The van der Waals surface area contributed by atoms with Crippen LogP contribution in [0.15, 0.2) is 12.4 Å². The Balaban J connectivity index is 2.30. The Morgan fingerprint density at radius 1 is 1.65 bits per heavy atom. The van der Waals surface area contributed by atoms with E-state index in [1.54, 1.807) is 6.20 Å². The molecule has 0 fully saturated rings. The summed E-state index contributed by atoms with van der Waals surface area (Å²) in [6.45, 7) is 3.09. The predicted octanol–water partition coefficient (Wildman–Crippen LogP) is 0.454. The number of hydrogen-bond donors (Lipinski definition) is 2. The molecule has 1 amide bonds. The minimum Gasteiger partial charge on any atom is -0.355 e. The van der Waals surface area contributed by atoms with Crippen molar-refractivity contribution in [2.24, 2.45) is 18.7 Å². The lowest BCUT2D eigenvalue weighted by Crippen LogP contribution is -2.36. The maximum Gasteiger partial charge on any atom is 0.224 e. The van der Waals surface area contributed by atoms with Gasteiger partial charge in [-0.2, -0.15) is 0 Å². The van der Waals surface area contributed by atoms with Crippen LogP contribution in [-0.2, 0) is 18.3 Å². The van der Waals surface area contributed by atoms with Gasteiger partial charge in [0, 0.05) is 39.0 Å². The van der Waals surface area contributed by atoms with E-state index in [9.17, 15) is 4.79 Å². The molecule has 1 atom stereocenters. The van der Waals surface area contributed by atoms with Gasteiger partial charge in [0.2, 0.25) is 5.91 Å². The van der Waals surface area contributed by atoms with Crippen LogP contribution >= 0.6 is 0 Å². The zero-order valence-corrected chi connectivity index (χ0v) is 10.6. The summed E-state index contributed by atoms with van der Waals surface area (Å²) in [5, 5.41) is 2.91. The minimum absolute atomic E-state index is 0.0543. The van der Waals surface area contributed by atoms with Crippen molar-refractivity contribution >= 4 is 5.91 Å². The molecule has 1 aromatic heterocycles. The Labute approximate surface area is 102 Å². The Morgan fingerprint density at radius 2 is 2.41 bits per heavy atom. The van der Waals surface area contributed by atoms with Gasteiger partial charge in [-0.3, -0.25) is 4.79 Å². The molecule has 3 N–H and O–H groups in total. The van der Waals surface area contributed by atoms with Gasteiger partial charge in [0.15, 0.2) is 0 Å². The van der Waals surface area contributed by atoms with Crippen LogP contribution in [0, 0.1) is 5.92 Å². The van der Waals surface area contributed by atoms with E-state index in [4.69, 9.17) is 5.73 Å². The number of aromatic nitrogens is 2. The second-order valence-electron chi connectivity index (χ2n) is 4.22. The largest absolute Gasteiger partial charge is 0.355 e. The average molecular weight is 238 g/mol. The molecule has 17 heavy (non-hydrogen) atoms. The van der Waals surface area contributed by atoms with Crippen LogP contribution in [0.3, 0.4) is 0 Å². The molecule has 0 bridgehead atoms. The normalized spacial score (nSPS) is 12.4. The zero-order chi connectivity index (χ0) is 12.7. The van der Waals surface area contributed by atoms with Gasteiger partial charge in [0.25, 0.3) is 0 Å². The fourth-order valence-corrected chi connectivity index (χ4v) is 1.78. The lowest BCUT2D eigenvalue weighted by Gasteiger charge is -2.13. The van der Waals surface area contributed by atoms with E-state index in [0.29, 0.717) is 13.1 Å². The number of imidazole rings is 1. The highest BCUT2D eigenvalue weighted by atomic mass is 16.1. The quantitative estimate of drug-likeness (QED) is 0.724. The molecule has 0 aliphatic carbocycles. The molecule has 1 unspecified atom stereocenters. The standard InChI is InChI=1S/C12H22N4O/c1-3-4-10(9-13)12(17)15-6-5-11-14-7-8-16(11)2/h7-8,10H,3-6,9,13H2,1-2H3,(H,15,17). The van der Waals surface area contributed by atoms with Crippen LogP contribution in [0.5, 0.6) is 0 Å². The van der Waals surface area contributed by atoms with Gasteiger partial charge in [-0.05, 0) is 6.42 Å². The minimum atomic E-state index is -0.0543. The van der Waals surface area contributed by atoms with Crippen LogP contribution < -0.4 is 11.1 Å².